The standard InChI is InChI=1S/C14H19ClN2O4S.ClH/c1-8-9(2)22(19,20)5-4-17(8)14(18)10-6-11(15)12(16)7-13(10)21-3;/h6-9H,4-5,16H2,1-3H3;1H. The van der Waals surface area contributed by atoms with Crippen molar-refractivity contribution in [1.29, 1.82) is 0 Å². The number of nitrogens with two attached hydrogens (primary N) is 1. The number of anilines is 1. The highest BCUT2D eigenvalue weighted by molar-refractivity contribution is 7.92. The summed E-state index contributed by atoms with van der Waals surface area (Å²) in [6.45, 7) is 3.50. The molecule has 1 fully saturated rings. The molecule has 1 aliphatic heterocycles. The van der Waals surface area contributed by atoms with E-state index in [1.165, 1.54) is 24.1 Å². The highest BCUT2D eigenvalue weighted by Crippen LogP contribution is 2.31. The molecular formula is C14H20Cl2N2O4S. The summed E-state index contributed by atoms with van der Waals surface area (Å²) in [5, 5.41) is -0.352. The van der Waals surface area contributed by atoms with Gasteiger partial charge in [0.2, 0.25) is 0 Å². The summed E-state index contributed by atoms with van der Waals surface area (Å²) in [5.74, 6) is -0.0388. The largest absolute Gasteiger partial charge is 0.496 e. The summed E-state index contributed by atoms with van der Waals surface area (Å²) in [5.41, 5.74) is 6.31. The molecule has 2 atom stereocenters. The number of carbonyl (C=O) groups excluding carboxylic acids is 1. The minimum absolute atomic E-state index is 0. The molecule has 1 saturated heterocycles. The third-order valence-electron chi connectivity index (χ3n) is 4.16. The minimum atomic E-state index is -3.16. The molecule has 2 rings (SSSR count). The van der Waals surface area contributed by atoms with E-state index in [0.29, 0.717) is 11.4 Å². The van der Waals surface area contributed by atoms with Gasteiger partial charge in [0, 0.05) is 18.7 Å². The van der Waals surface area contributed by atoms with Crippen LogP contribution in [0.1, 0.15) is 24.2 Å². The number of nitrogens with zero attached hydrogens (tertiary/aromatic N) is 1. The number of hydrogen-bond acceptors (Lipinski definition) is 5. The fourth-order valence-corrected chi connectivity index (χ4v) is 4.25. The van der Waals surface area contributed by atoms with Gasteiger partial charge in [-0.05, 0) is 19.9 Å². The van der Waals surface area contributed by atoms with Crippen LogP contribution in [0, 0.1) is 0 Å². The van der Waals surface area contributed by atoms with E-state index < -0.39 is 21.1 Å². The second kappa shape index (κ2) is 7.15. The lowest BCUT2D eigenvalue weighted by molar-refractivity contribution is 0.0690. The van der Waals surface area contributed by atoms with Gasteiger partial charge in [0.25, 0.3) is 5.91 Å². The Hall–Kier alpha value is -1.18. The Morgan fingerprint density at radius 1 is 1.39 bits per heavy atom. The Labute approximate surface area is 147 Å². The van der Waals surface area contributed by atoms with Crippen molar-refractivity contribution in [3.05, 3.63) is 22.7 Å². The summed E-state index contributed by atoms with van der Waals surface area (Å²) in [4.78, 5) is 14.3. The van der Waals surface area contributed by atoms with Crippen molar-refractivity contribution >= 4 is 45.4 Å². The van der Waals surface area contributed by atoms with Gasteiger partial charge >= 0.3 is 0 Å². The van der Waals surface area contributed by atoms with Gasteiger partial charge in [-0.3, -0.25) is 4.79 Å². The highest BCUT2D eigenvalue weighted by atomic mass is 35.5. The Balaban J connectivity index is 0.00000264. The molecule has 0 spiro atoms. The van der Waals surface area contributed by atoms with E-state index in [-0.39, 0.29) is 41.2 Å². The average molecular weight is 383 g/mol. The van der Waals surface area contributed by atoms with Crippen LogP contribution in [-0.4, -0.2) is 49.9 Å². The van der Waals surface area contributed by atoms with E-state index in [9.17, 15) is 13.2 Å². The van der Waals surface area contributed by atoms with Crippen molar-refractivity contribution in [2.75, 3.05) is 25.1 Å². The van der Waals surface area contributed by atoms with Gasteiger partial charge in [-0.1, -0.05) is 11.6 Å². The number of hydrogen-bond donors (Lipinski definition) is 1. The van der Waals surface area contributed by atoms with Crippen LogP contribution >= 0.6 is 24.0 Å². The van der Waals surface area contributed by atoms with Crippen LogP contribution in [0.5, 0.6) is 5.75 Å². The van der Waals surface area contributed by atoms with Gasteiger partial charge in [-0.25, -0.2) is 8.42 Å². The van der Waals surface area contributed by atoms with E-state index in [1.54, 1.807) is 13.8 Å². The number of ether oxygens (including phenoxy) is 1. The molecule has 0 bridgehead atoms. The van der Waals surface area contributed by atoms with Crippen LogP contribution in [0.15, 0.2) is 12.1 Å². The lowest BCUT2D eigenvalue weighted by Gasteiger charge is -2.37. The number of nitrogen functional groups attached to an aromatic ring is 1. The van der Waals surface area contributed by atoms with Gasteiger partial charge in [-0.15, -0.1) is 12.4 Å². The maximum absolute atomic E-state index is 12.8. The first kappa shape index (κ1) is 19.9. The summed E-state index contributed by atoms with van der Waals surface area (Å²) >= 11 is 5.99. The van der Waals surface area contributed by atoms with E-state index >= 15 is 0 Å². The molecule has 130 valence electrons. The molecule has 0 aromatic heterocycles. The van der Waals surface area contributed by atoms with Gasteiger partial charge < -0.3 is 15.4 Å². The average Bonchev–Trinajstić information content (AvgIpc) is 2.46. The highest BCUT2D eigenvalue weighted by Gasteiger charge is 2.38. The number of halogens is 2. The molecule has 1 aliphatic rings. The fraction of sp³-hybridized carbons (Fsp3) is 0.500. The topological polar surface area (TPSA) is 89.7 Å². The molecule has 1 heterocycles. The summed E-state index contributed by atoms with van der Waals surface area (Å²) in [6.07, 6.45) is 0. The number of sulfone groups is 1. The van der Waals surface area contributed by atoms with Crippen LogP contribution in [0.3, 0.4) is 0 Å². The van der Waals surface area contributed by atoms with E-state index in [4.69, 9.17) is 22.1 Å². The number of amides is 1. The lowest BCUT2D eigenvalue weighted by Crippen LogP contribution is -2.54. The van der Waals surface area contributed by atoms with E-state index in [2.05, 4.69) is 0 Å². The molecule has 23 heavy (non-hydrogen) atoms. The molecule has 0 radical (unpaired) electrons. The van der Waals surface area contributed by atoms with Crippen molar-refractivity contribution in [1.82, 2.24) is 4.90 Å². The van der Waals surface area contributed by atoms with Crippen molar-refractivity contribution in [2.45, 2.75) is 25.1 Å². The van der Waals surface area contributed by atoms with Crippen molar-refractivity contribution in [3.8, 4) is 5.75 Å². The third-order valence-corrected chi connectivity index (χ3v) is 6.77. The maximum Gasteiger partial charge on any atom is 0.257 e. The molecule has 2 unspecified atom stereocenters. The molecule has 6 nitrogen and oxygen atoms in total. The number of methoxy groups -OCH3 is 1. The number of benzene rings is 1. The second-order valence-electron chi connectivity index (χ2n) is 5.39. The normalized spacial score (nSPS) is 23.0. The maximum atomic E-state index is 12.8. The molecule has 1 amide bonds. The van der Waals surface area contributed by atoms with E-state index in [1.807, 2.05) is 0 Å². The number of rotatable bonds is 2. The number of carbonyl (C=O) groups is 1. The zero-order valence-electron chi connectivity index (χ0n) is 13.1. The molecular weight excluding hydrogens is 363 g/mol. The van der Waals surface area contributed by atoms with Crippen LogP contribution in [0.25, 0.3) is 0 Å². The lowest BCUT2D eigenvalue weighted by atomic mass is 10.1. The molecule has 0 aliphatic carbocycles. The fourth-order valence-electron chi connectivity index (χ4n) is 2.51. The molecule has 1 aromatic carbocycles. The van der Waals surface area contributed by atoms with Gasteiger partial charge in [-0.2, -0.15) is 0 Å². The van der Waals surface area contributed by atoms with Gasteiger partial charge in [0.05, 0.1) is 34.4 Å². The predicted octanol–water partition coefficient (Wildman–Crippen LogP) is 2.00. The van der Waals surface area contributed by atoms with Crippen molar-refractivity contribution in [2.24, 2.45) is 0 Å². The van der Waals surface area contributed by atoms with Gasteiger partial charge in [0.1, 0.15) is 5.75 Å². The zero-order valence-corrected chi connectivity index (χ0v) is 15.5. The van der Waals surface area contributed by atoms with Crippen molar-refractivity contribution in [3.63, 3.8) is 0 Å². The Morgan fingerprint density at radius 2 is 2.00 bits per heavy atom. The monoisotopic (exact) mass is 382 g/mol. The van der Waals surface area contributed by atoms with Crippen molar-refractivity contribution < 1.29 is 17.9 Å². The second-order valence-corrected chi connectivity index (χ2v) is 8.27. The first-order chi connectivity index (χ1) is 10.2. The Kier molecular flexibility index (Phi) is 6.18. The summed E-state index contributed by atoms with van der Waals surface area (Å²) in [6, 6.07) is 2.52. The quantitative estimate of drug-likeness (QED) is 0.789. The van der Waals surface area contributed by atoms with Crippen LogP contribution in [0.4, 0.5) is 5.69 Å². The first-order valence-corrected chi connectivity index (χ1v) is 8.94. The van der Waals surface area contributed by atoms with Gasteiger partial charge in [0.15, 0.2) is 9.84 Å². The third kappa shape index (κ3) is 3.67. The summed E-state index contributed by atoms with van der Waals surface area (Å²) in [7, 11) is -1.72. The molecule has 1 aromatic rings. The SMILES string of the molecule is COc1cc(N)c(Cl)cc1C(=O)N1CCS(=O)(=O)C(C)C1C.Cl. The Morgan fingerprint density at radius 3 is 2.57 bits per heavy atom. The van der Waals surface area contributed by atoms with Crippen LogP contribution < -0.4 is 10.5 Å². The zero-order chi connectivity index (χ0) is 16.7. The smallest absolute Gasteiger partial charge is 0.257 e. The molecule has 9 heteroatoms. The first-order valence-electron chi connectivity index (χ1n) is 6.84. The molecule has 2 N–H and O–H groups in total. The van der Waals surface area contributed by atoms with Crippen LogP contribution in [0.2, 0.25) is 5.02 Å². The molecule has 0 saturated carbocycles. The van der Waals surface area contributed by atoms with Crippen LogP contribution in [-0.2, 0) is 9.84 Å². The minimum Gasteiger partial charge on any atom is -0.496 e. The van der Waals surface area contributed by atoms with E-state index in [0.717, 1.165) is 0 Å². The Bertz CT molecular complexity index is 709. The predicted molar refractivity (Wildman–Crippen MR) is 93.4 cm³/mol. The summed E-state index contributed by atoms with van der Waals surface area (Å²) < 4.78 is 29.0.